The highest BCUT2D eigenvalue weighted by Gasteiger charge is 2.38. The molecule has 5 rings (SSSR count). The van der Waals surface area contributed by atoms with Crippen LogP contribution in [-0.4, -0.2) is 35.8 Å². The average Bonchev–Trinajstić information content (AvgIpc) is 3.11. The third-order valence-corrected chi connectivity index (χ3v) is 6.70. The van der Waals surface area contributed by atoms with Crippen LogP contribution in [0.25, 0.3) is 11.1 Å². The highest BCUT2D eigenvalue weighted by atomic mass is 35.5. The van der Waals surface area contributed by atoms with Crippen molar-refractivity contribution in [1.82, 2.24) is 4.90 Å². The van der Waals surface area contributed by atoms with Crippen molar-refractivity contribution in [2.75, 3.05) is 19.7 Å². The number of fused-ring (bicyclic) bond motifs is 3. The van der Waals surface area contributed by atoms with Crippen LogP contribution in [0.4, 0.5) is 4.79 Å². The van der Waals surface area contributed by atoms with Crippen molar-refractivity contribution >= 4 is 17.7 Å². The number of carbonyl (C=O) groups is 1. The second-order valence-corrected chi connectivity index (χ2v) is 8.80. The topological polar surface area (TPSA) is 49.8 Å². The van der Waals surface area contributed by atoms with Crippen LogP contribution < -0.4 is 0 Å². The molecule has 1 aliphatic carbocycles. The minimum atomic E-state index is -1.09. The van der Waals surface area contributed by atoms with Crippen molar-refractivity contribution < 1.29 is 14.6 Å². The monoisotopic (exact) mass is 433 g/mol. The maximum Gasteiger partial charge on any atom is 0.409 e. The summed E-state index contributed by atoms with van der Waals surface area (Å²) in [5, 5.41) is 11.8. The number of aliphatic hydroxyl groups is 1. The Hall–Kier alpha value is -2.82. The lowest BCUT2D eigenvalue weighted by molar-refractivity contribution is -0.0342. The largest absolute Gasteiger partial charge is 0.448 e. The first kappa shape index (κ1) is 20.1. The Morgan fingerprint density at radius 2 is 1.61 bits per heavy atom. The molecule has 0 saturated carbocycles. The van der Waals surface area contributed by atoms with E-state index in [1.165, 1.54) is 22.3 Å². The van der Waals surface area contributed by atoms with Gasteiger partial charge in [-0.1, -0.05) is 72.3 Å². The number of carbonyl (C=O) groups excluding carboxylic acids is 1. The van der Waals surface area contributed by atoms with Gasteiger partial charge in [0, 0.05) is 17.5 Å². The summed E-state index contributed by atoms with van der Waals surface area (Å²) < 4.78 is 5.78. The van der Waals surface area contributed by atoms with Gasteiger partial charge in [0.15, 0.2) is 0 Å². The summed E-state index contributed by atoms with van der Waals surface area (Å²) in [4.78, 5) is 14.5. The van der Waals surface area contributed by atoms with Crippen LogP contribution in [0, 0.1) is 0 Å². The summed E-state index contributed by atoms with van der Waals surface area (Å²) >= 11 is 5.98. The Morgan fingerprint density at radius 1 is 1.00 bits per heavy atom. The van der Waals surface area contributed by atoms with E-state index in [0.29, 0.717) is 24.4 Å². The van der Waals surface area contributed by atoms with Crippen LogP contribution >= 0.6 is 11.6 Å². The van der Waals surface area contributed by atoms with Gasteiger partial charge in [-0.3, -0.25) is 0 Å². The van der Waals surface area contributed by atoms with Gasteiger partial charge in [-0.15, -0.1) is 0 Å². The quantitative estimate of drug-likeness (QED) is 0.587. The smallest absolute Gasteiger partial charge is 0.409 e. The lowest BCUT2D eigenvalue weighted by Gasteiger charge is -2.39. The van der Waals surface area contributed by atoms with E-state index in [-0.39, 0.29) is 25.2 Å². The Balaban J connectivity index is 1.30. The normalized spacial score (nSPS) is 20.3. The number of hydrogen-bond acceptors (Lipinski definition) is 3. The third kappa shape index (κ3) is 3.71. The summed E-state index contributed by atoms with van der Waals surface area (Å²) in [6, 6.07) is 23.7. The van der Waals surface area contributed by atoms with Gasteiger partial charge in [0.2, 0.25) is 0 Å². The molecule has 2 aliphatic rings. The summed E-state index contributed by atoms with van der Waals surface area (Å²) in [6.07, 6.45) is 0.930. The second-order valence-electron chi connectivity index (χ2n) is 8.37. The van der Waals surface area contributed by atoms with Crippen LogP contribution in [0.3, 0.4) is 0 Å². The zero-order chi connectivity index (χ0) is 21.4. The molecule has 158 valence electrons. The van der Waals surface area contributed by atoms with Crippen LogP contribution in [0.2, 0.25) is 5.02 Å². The van der Waals surface area contributed by atoms with Crippen molar-refractivity contribution in [2.45, 2.75) is 24.4 Å². The Kier molecular flexibility index (Phi) is 5.20. The Morgan fingerprint density at radius 3 is 2.26 bits per heavy atom. The number of ether oxygens (including phenoxy) is 1. The molecule has 4 nitrogen and oxygen atoms in total. The number of β-amino-alcohol motifs (C(OH)–C–C–N with tert-alkyl or cyclic N) is 1. The molecular weight excluding hydrogens is 410 g/mol. The lowest BCUT2D eigenvalue weighted by atomic mass is 9.86. The van der Waals surface area contributed by atoms with Crippen molar-refractivity contribution in [3.8, 4) is 11.1 Å². The minimum absolute atomic E-state index is 0.0243. The average molecular weight is 434 g/mol. The van der Waals surface area contributed by atoms with Gasteiger partial charge < -0.3 is 14.7 Å². The lowest BCUT2D eigenvalue weighted by Crippen LogP contribution is -2.48. The highest BCUT2D eigenvalue weighted by Crippen LogP contribution is 2.44. The molecular formula is C26H24ClNO3. The molecule has 0 radical (unpaired) electrons. The van der Waals surface area contributed by atoms with Gasteiger partial charge in [0.25, 0.3) is 0 Å². The fourth-order valence-corrected chi connectivity index (χ4v) is 5.00. The zero-order valence-corrected chi connectivity index (χ0v) is 17.9. The molecule has 1 aliphatic heterocycles. The van der Waals surface area contributed by atoms with Crippen molar-refractivity contribution in [3.05, 3.63) is 94.5 Å². The van der Waals surface area contributed by atoms with E-state index in [1.54, 1.807) is 17.0 Å². The van der Waals surface area contributed by atoms with E-state index >= 15 is 0 Å². The van der Waals surface area contributed by atoms with Crippen LogP contribution in [0.15, 0.2) is 72.8 Å². The molecule has 5 heteroatoms. The molecule has 1 unspecified atom stereocenters. The van der Waals surface area contributed by atoms with Gasteiger partial charge in [0.1, 0.15) is 12.2 Å². The number of amides is 1. The number of halogens is 1. The Labute approximate surface area is 187 Å². The minimum Gasteiger partial charge on any atom is -0.448 e. The molecule has 1 heterocycles. The van der Waals surface area contributed by atoms with E-state index in [2.05, 4.69) is 24.3 Å². The molecule has 31 heavy (non-hydrogen) atoms. The predicted octanol–water partition coefficient (Wildman–Crippen LogP) is 5.57. The van der Waals surface area contributed by atoms with E-state index in [4.69, 9.17) is 16.3 Å². The molecule has 1 N–H and O–H groups in total. The molecule has 1 atom stereocenters. The van der Waals surface area contributed by atoms with Gasteiger partial charge in [-0.2, -0.15) is 0 Å². The first-order valence-corrected chi connectivity index (χ1v) is 11.0. The predicted molar refractivity (Wildman–Crippen MR) is 121 cm³/mol. The zero-order valence-electron chi connectivity index (χ0n) is 17.1. The van der Waals surface area contributed by atoms with Gasteiger partial charge in [-0.25, -0.2) is 4.79 Å². The maximum atomic E-state index is 12.9. The molecule has 0 spiro atoms. The molecule has 1 amide bonds. The summed E-state index contributed by atoms with van der Waals surface area (Å²) in [6.45, 7) is 1.07. The fourth-order valence-electron chi connectivity index (χ4n) is 4.87. The van der Waals surface area contributed by atoms with Crippen molar-refractivity contribution in [1.29, 1.82) is 0 Å². The number of benzene rings is 3. The molecule has 0 bridgehead atoms. The Bertz CT molecular complexity index is 1070. The SMILES string of the molecule is O=C(OCC1c2ccccc2-c2ccccc21)N1CCCC(O)(c2ccc(Cl)cc2)C1. The second kappa shape index (κ2) is 8.03. The molecule has 0 aromatic heterocycles. The summed E-state index contributed by atoms with van der Waals surface area (Å²) in [7, 11) is 0. The first-order valence-electron chi connectivity index (χ1n) is 10.6. The van der Waals surface area contributed by atoms with E-state index in [1.807, 2.05) is 36.4 Å². The van der Waals surface area contributed by atoms with Gasteiger partial charge in [0.05, 0.1) is 6.54 Å². The number of hydrogen-bond donors (Lipinski definition) is 1. The summed E-state index contributed by atoms with van der Waals surface area (Å²) in [5.74, 6) is 0.0243. The van der Waals surface area contributed by atoms with Crippen molar-refractivity contribution in [2.24, 2.45) is 0 Å². The fraction of sp³-hybridized carbons (Fsp3) is 0.269. The van der Waals surface area contributed by atoms with Gasteiger partial charge in [-0.05, 0) is 52.8 Å². The van der Waals surface area contributed by atoms with E-state index in [0.717, 1.165) is 5.56 Å². The summed E-state index contributed by atoms with van der Waals surface area (Å²) in [5.41, 5.74) is 4.46. The van der Waals surface area contributed by atoms with Crippen LogP contribution in [0.1, 0.15) is 35.4 Å². The number of rotatable bonds is 3. The van der Waals surface area contributed by atoms with E-state index < -0.39 is 5.60 Å². The highest BCUT2D eigenvalue weighted by molar-refractivity contribution is 6.30. The molecule has 1 fully saturated rings. The number of piperidine rings is 1. The third-order valence-electron chi connectivity index (χ3n) is 6.45. The van der Waals surface area contributed by atoms with E-state index in [9.17, 15) is 9.90 Å². The molecule has 3 aromatic rings. The van der Waals surface area contributed by atoms with Gasteiger partial charge >= 0.3 is 6.09 Å². The standard InChI is InChI=1S/C26H24ClNO3/c27-19-12-10-18(11-13-19)26(30)14-5-15-28(17-26)25(29)31-16-24-22-8-3-1-6-20(22)21-7-2-4-9-23(21)24/h1-4,6-13,24,30H,5,14-17H2. The number of likely N-dealkylation sites (tertiary alicyclic amines) is 1. The van der Waals surface area contributed by atoms with Crippen LogP contribution in [0.5, 0.6) is 0 Å². The van der Waals surface area contributed by atoms with Crippen LogP contribution in [-0.2, 0) is 10.3 Å². The first-order chi connectivity index (χ1) is 15.0. The number of nitrogens with zero attached hydrogens (tertiary/aromatic N) is 1. The molecule has 3 aromatic carbocycles. The molecule has 1 saturated heterocycles. The maximum absolute atomic E-state index is 12.9. The van der Waals surface area contributed by atoms with Crippen molar-refractivity contribution in [3.63, 3.8) is 0 Å².